The zero-order valence-corrected chi connectivity index (χ0v) is 9.51. The largest absolute Gasteiger partial charge is 0.317 e. The van der Waals surface area contributed by atoms with Gasteiger partial charge in [0.2, 0.25) is 0 Å². The van der Waals surface area contributed by atoms with Crippen LogP contribution in [0.5, 0.6) is 0 Å². The number of aromatic nitrogens is 1. The zero-order chi connectivity index (χ0) is 10.4. The van der Waals surface area contributed by atoms with Crippen LogP contribution in [-0.4, -0.2) is 18.1 Å². The number of pyridine rings is 1. The van der Waals surface area contributed by atoms with E-state index < -0.39 is 0 Å². The number of hydrogen-bond donors (Lipinski definition) is 1. The van der Waals surface area contributed by atoms with E-state index in [0.29, 0.717) is 11.1 Å². The Balaban J connectivity index is 2.53. The Bertz CT molecular complexity index is 258. The van der Waals surface area contributed by atoms with Gasteiger partial charge in [-0.3, -0.25) is 4.98 Å². The van der Waals surface area contributed by atoms with Gasteiger partial charge in [-0.05, 0) is 25.6 Å². The summed E-state index contributed by atoms with van der Waals surface area (Å²) in [6, 6.07) is 4.40. The Morgan fingerprint density at radius 2 is 2.29 bits per heavy atom. The summed E-state index contributed by atoms with van der Waals surface area (Å²) in [5.41, 5.74) is 1.10. The lowest BCUT2D eigenvalue weighted by atomic mass is 10.1. The van der Waals surface area contributed by atoms with E-state index in [2.05, 4.69) is 17.2 Å². The van der Waals surface area contributed by atoms with Crippen LogP contribution in [0.2, 0.25) is 5.02 Å². The van der Waals surface area contributed by atoms with E-state index in [1.54, 1.807) is 6.20 Å². The summed E-state index contributed by atoms with van der Waals surface area (Å²) in [6.45, 7) is 2.19. The quantitative estimate of drug-likeness (QED) is 0.812. The van der Waals surface area contributed by atoms with Crippen molar-refractivity contribution in [2.45, 2.75) is 32.2 Å². The van der Waals surface area contributed by atoms with Crippen molar-refractivity contribution in [1.29, 1.82) is 0 Å². The van der Waals surface area contributed by atoms with Gasteiger partial charge in [0, 0.05) is 24.4 Å². The van der Waals surface area contributed by atoms with Gasteiger partial charge in [0.25, 0.3) is 0 Å². The van der Waals surface area contributed by atoms with Gasteiger partial charge in [-0.1, -0.05) is 24.9 Å². The highest BCUT2D eigenvalue weighted by atomic mass is 35.5. The van der Waals surface area contributed by atoms with Crippen LogP contribution in [0.3, 0.4) is 0 Å². The van der Waals surface area contributed by atoms with E-state index in [9.17, 15) is 0 Å². The Kier molecular flexibility index (Phi) is 4.91. The van der Waals surface area contributed by atoms with Crippen LogP contribution in [0.15, 0.2) is 18.3 Å². The van der Waals surface area contributed by atoms with Crippen molar-refractivity contribution in [1.82, 2.24) is 10.3 Å². The van der Waals surface area contributed by atoms with E-state index in [0.717, 1.165) is 12.1 Å². The van der Waals surface area contributed by atoms with Gasteiger partial charge in [-0.15, -0.1) is 0 Å². The summed E-state index contributed by atoms with van der Waals surface area (Å²) in [7, 11) is 2.00. The third-order valence-electron chi connectivity index (χ3n) is 2.29. The van der Waals surface area contributed by atoms with E-state index in [4.69, 9.17) is 11.6 Å². The maximum atomic E-state index is 5.77. The van der Waals surface area contributed by atoms with Crippen molar-refractivity contribution in [2.75, 3.05) is 7.05 Å². The highest BCUT2D eigenvalue weighted by Crippen LogP contribution is 2.09. The Hall–Kier alpha value is -0.600. The van der Waals surface area contributed by atoms with E-state index in [1.165, 1.54) is 12.8 Å². The predicted molar refractivity (Wildman–Crippen MR) is 60.7 cm³/mol. The lowest BCUT2D eigenvalue weighted by Crippen LogP contribution is -2.27. The van der Waals surface area contributed by atoms with E-state index >= 15 is 0 Å². The molecule has 1 heterocycles. The highest BCUT2D eigenvalue weighted by Gasteiger charge is 2.06. The smallest absolute Gasteiger partial charge is 0.0589 e. The number of likely N-dealkylation sites (N-methyl/N-ethyl adjacent to an activating group) is 1. The molecule has 0 bridgehead atoms. The van der Waals surface area contributed by atoms with Crippen LogP contribution in [0.1, 0.15) is 25.5 Å². The summed E-state index contributed by atoms with van der Waals surface area (Å²) in [4.78, 5) is 4.28. The van der Waals surface area contributed by atoms with Crippen LogP contribution in [0.25, 0.3) is 0 Å². The van der Waals surface area contributed by atoms with E-state index in [1.807, 2.05) is 19.2 Å². The third kappa shape index (κ3) is 3.64. The monoisotopic (exact) mass is 212 g/mol. The number of halogens is 1. The average molecular weight is 213 g/mol. The van der Waals surface area contributed by atoms with Crippen molar-refractivity contribution in [3.8, 4) is 0 Å². The normalized spacial score (nSPS) is 12.8. The number of nitrogens with zero attached hydrogens (tertiary/aromatic N) is 1. The molecule has 14 heavy (non-hydrogen) atoms. The Morgan fingerprint density at radius 3 is 2.79 bits per heavy atom. The van der Waals surface area contributed by atoms with Gasteiger partial charge >= 0.3 is 0 Å². The minimum Gasteiger partial charge on any atom is -0.317 e. The second-order valence-corrected chi connectivity index (χ2v) is 3.88. The molecule has 0 amide bonds. The molecule has 1 N–H and O–H groups in total. The Labute approximate surface area is 90.7 Å². The minimum absolute atomic E-state index is 0.522. The molecule has 1 aromatic rings. The molecule has 0 aromatic carbocycles. The van der Waals surface area contributed by atoms with Crippen molar-refractivity contribution in [3.63, 3.8) is 0 Å². The molecule has 0 aliphatic heterocycles. The van der Waals surface area contributed by atoms with Crippen LogP contribution in [0.4, 0.5) is 0 Å². The first-order chi connectivity index (χ1) is 6.76. The van der Waals surface area contributed by atoms with Gasteiger partial charge in [-0.2, -0.15) is 0 Å². The molecule has 0 saturated carbocycles. The second-order valence-electron chi connectivity index (χ2n) is 3.45. The van der Waals surface area contributed by atoms with E-state index in [-0.39, 0.29) is 0 Å². The first-order valence-electron chi connectivity index (χ1n) is 5.04. The van der Waals surface area contributed by atoms with Crippen LogP contribution >= 0.6 is 11.6 Å². The molecular weight excluding hydrogens is 196 g/mol. The molecule has 0 aliphatic rings. The zero-order valence-electron chi connectivity index (χ0n) is 8.76. The van der Waals surface area contributed by atoms with Crippen molar-refractivity contribution < 1.29 is 0 Å². The summed E-state index contributed by atoms with van der Waals surface area (Å²) >= 11 is 5.77. The topological polar surface area (TPSA) is 24.9 Å². The van der Waals surface area contributed by atoms with Crippen molar-refractivity contribution in [3.05, 3.63) is 29.0 Å². The second kappa shape index (κ2) is 5.99. The molecule has 1 rings (SSSR count). The molecule has 0 fully saturated rings. The molecule has 1 unspecified atom stereocenters. The lowest BCUT2D eigenvalue weighted by molar-refractivity contribution is 0.509. The highest BCUT2D eigenvalue weighted by molar-refractivity contribution is 6.30. The minimum atomic E-state index is 0.522. The standard InChI is InChI=1S/C11H17ClN2/c1-3-4-10(13-2)7-11-6-5-9(12)8-14-11/h5-6,8,10,13H,3-4,7H2,1-2H3. The summed E-state index contributed by atoms with van der Waals surface area (Å²) in [6.07, 6.45) is 5.05. The molecule has 1 atom stereocenters. The first kappa shape index (κ1) is 11.5. The molecule has 3 heteroatoms. The fourth-order valence-electron chi connectivity index (χ4n) is 1.48. The predicted octanol–water partition coefficient (Wildman–Crippen LogP) is 2.67. The van der Waals surface area contributed by atoms with Gasteiger partial charge in [0.15, 0.2) is 0 Å². The molecular formula is C11H17ClN2. The van der Waals surface area contributed by atoms with Gasteiger partial charge < -0.3 is 5.32 Å². The molecule has 0 radical (unpaired) electrons. The molecule has 0 aliphatic carbocycles. The van der Waals surface area contributed by atoms with Crippen molar-refractivity contribution >= 4 is 11.6 Å². The Morgan fingerprint density at radius 1 is 1.50 bits per heavy atom. The molecule has 0 saturated heterocycles. The fraction of sp³-hybridized carbons (Fsp3) is 0.545. The summed E-state index contributed by atoms with van der Waals surface area (Å²) < 4.78 is 0. The summed E-state index contributed by atoms with van der Waals surface area (Å²) in [5.74, 6) is 0. The number of hydrogen-bond acceptors (Lipinski definition) is 2. The maximum absolute atomic E-state index is 5.77. The van der Waals surface area contributed by atoms with Crippen molar-refractivity contribution in [2.24, 2.45) is 0 Å². The summed E-state index contributed by atoms with van der Waals surface area (Å²) in [5, 5.41) is 3.99. The van der Waals surface area contributed by atoms with Crippen LogP contribution in [0, 0.1) is 0 Å². The maximum Gasteiger partial charge on any atom is 0.0589 e. The van der Waals surface area contributed by atoms with Crippen LogP contribution < -0.4 is 5.32 Å². The fourth-order valence-corrected chi connectivity index (χ4v) is 1.59. The molecule has 78 valence electrons. The third-order valence-corrected chi connectivity index (χ3v) is 2.51. The first-order valence-corrected chi connectivity index (χ1v) is 5.41. The van der Waals surface area contributed by atoms with Gasteiger partial charge in [0.05, 0.1) is 5.02 Å². The molecule has 1 aromatic heterocycles. The number of rotatable bonds is 5. The van der Waals surface area contributed by atoms with Crippen LogP contribution in [-0.2, 0) is 6.42 Å². The lowest BCUT2D eigenvalue weighted by Gasteiger charge is -2.14. The molecule has 2 nitrogen and oxygen atoms in total. The number of nitrogens with one attached hydrogen (secondary N) is 1. The SMILES string of the molecule is CCCC(Cc1ccc(Cl)cn1)NC. The van der Waals surface area contributed by atoms with Gasteiger partial charge in [-0.25, -0.2) is 0 Å². The van der Waals surface area contributed by atoms with Gasteiger partial charge in [0.1, 0.15) is 0 Å². The molecule has 0 spiro atoms. The average Bonchev–Trinajstić information content (AvgIpc) is 2.20.